The molecule has 1 atom stereocenters. The van der Waals surface area contributed by atoms with Crippen molar-refractivity contribution >= 4 is 23.2 Å². The summed E-state index contributed by atoms with van der Waals surface area (Å²) in [6, 6.07) is 9.89. The average Bonchev–Trinajstić information content (AvgIpc) is 2.96. The molecule has 0 fully saturated rings. The van der Waals surface area contributed by atoms with Crippen molar-refractivity contribution in [3.05, 3.63) is 47.7 Å². The van der Waals surface area contributed by atoms with Gasteiger partial charge < -0.3 is 9.72 Å². The van der Waals surface area contributed by atoms with Gasteiger partial charge in [-0.1, -0.05) is 31.2 Å². The standard InChI is InChI=1S/C18H21NO3/c1-3-13(14(4-2)11-20)10-18(21)22-12-16-9-15-7-5-6-8-17(15)19-16/h4-9,11,13,19H,3,10,12H2,1-2H3. The molecule has 2 aromatic rings. The summed E-state index contributed by atoms with van der Waals surface area (Å²) >= 11 is 0. The van der Waals surface area contributed by atoms with Crippen LogP contribution in [0.4, 0.5) is 0 Å². The molecule has 116 valence electrons. The van der Waals surface area contributed by atoms with Gasteiger partial charge in [0.1, 0.15) is 12.9 Å². The first kappa shape index (κ1) is 16.0. The maximum absolute atomic E-state index is 12.0. The molecule has 1 unspecified atom stereocenters. The van der Waals surface area contributed by atoms with Gasteiger partial charge in [-0.2, -0.15) is 0 Å². The molecule has 4 heteroatoms. The average molecular weight is 299 g/mol. The molecule has 0 saturated carbocycles. The van der Waals surface area contributed by atoms with Crippen molar-refractivity contribution in [3.8, 4) is 0 Å². The minimum atomic E-state index is -0.285. The first-order chi connectivity index (χ1) is 10.7. The fraction of sp³-hybridized carbons (Fsp3) is 0.333. The highest BCUT2D eigenvalue weighted by Crippen LogP contribution is 2.19. The molecule has 0 amide bonds. The zero-order valence-corrected chi connectivity index (χ0v) is 13.0. The Morgan fingerprint density at radius 1 is 1.36 bits per heavy atom. The van der Waals surface area contributed by atoms with Crippen LogP contribution in [0.5, 0.6) is 0 Å². The van der Waals surface area contributed by atoms with Gasteiger partial charge in [0.15, 0.2) is 0 Å². The third-order valence-corrected chi connectivity index (χ3v) is 3.82. The van der Waals surface area contributed by atoms with Crippen LogP contribution in [0.15, 0.2) is 42.0 Å². The van der Waals surface area contributed by atoms with Crippen molar-refractivity contribution in [1.29, 1.82) is 0 Å². The molecule has 0 saturated heterocycles. The maximum Gasteiger partial charge on any atom is 0.306 e. The number of para-hydroxylation sites is 1. The lowest BCUT2D eigenvalue weighted by Gasteiger charge is -2.13. The van der Waals surface area contributed by atoms with Crippen molar-refractivity contribution in [3.63, 3.8) is 0 Å². The van der Waals surface area contributed by atoms with Crippen molar-refractivity contribution in [2.45, 2.75) is 33.3 Å². The minimum Gasteiger partial charge on any atom is -0.459 e. The summed E-state index contributed by atoms with van der Waals surface area (Å²) < 4.78 is 5.32. The second-order valence-electron chi connectivity index (χ2n) is 5.26. The number of H-pyrrole nitrogens is 1. The summed E-state index contributed by atoms with van der Waals surface area (Å²) in [5.41, 5.74) is 2.55. The van der Waals surface area contributed by atoms with E-state index in [2.05, 4.69) is 4.98 Å². The van der Waals surface area contributed by atoms with Crippen molar-refractivity contribution in [1.82, 2.24) is 4.98 Å². The number of esters is 1. The highest BCUT2D eigenvalue weighted by Gasteiger charge is 2.17. The minimum absolute atomic E-state index is 0.0716. The molecule has 0 radical (unpaired) electrons. The van der Waals surface area contributed by atoms with Gasteiger partial charge in [-0.3, -0.25) is 9.59 Å². The van der Waals surface area contributed by atoms with Gasteiger partial charge >= 0.3 is 5.97 Å². The zero-order chi connectivity index (χ0) is 15.9. The smallest absolute Gasteiger partial charge is 0.306 e. The van der Waals surface area contributed by atoms with Crippen molar-refractivity contribution < 1.29 is 14.3 Å². The van der Waals surface area contributed by atoms with Gasteiger partial charge in [0.2, 0.25) is 0 Å². The van der Waals surface area contributed by atoms with E-state index in [4.69, 9.17) is 4.74 Å². The van der Waals surface area contributed by atoms with Crippen LogP contribution in [-0.2, 0) is 20.9 Å². The molecular formula is C18H21NO3. The van der Waals surface area contributed by atoms with Crippen LogP contribution in [0.25, 0.3) is 10.9 Å². The van der Waals surface area contributed by atoms with Crippen LogP contribution >= 0.6 is 0 Å². The quantitative estimate of drug-likeness (QED) is 0.481. The van der Waals surface area contributed by atoms with Crippen molar-refractivity contribution in [2.24, 2.45) is 5.92 Å². The van der Waals surface area contributed by atoms with Crippen LogP contribution < -0.4 is 0 Å². The molecule has 4 nitrogen and oxygen atoms in total. The third kappa shape index (κ3) is 3.85. The predicted octanol–water partition coefficient (Wildman–Crippen LogP) is 3.77. The van der Waals surface area contributed by atoms with Gasteiger partial charge in [0.25, 0.3) is 0 Å². The number of aldehydes is 1. The number of aromatic nitrogens is 1. The van der Waals surface area contributed by atoms with E-state index in [9.17, 15) is 9.59 Å². The van der Waals surface area contributed by atoms with E-state index in [1.165, 1.54) is 0 Å². The molecule has 1 heterocycles. The number of nitrogens with one attached hydrogen (secondary N) is 1. The molecule has 0 aliphatic heterocycles. The molecule has 1 N–H and O–H groups in total. The Morgan fingerprint density at radius 3 is 2.77 bits per heavy atom. The SMILES string of the molecule is CC=C(C=O)C(CC)CC(=O)OCc1cc2ccccc2[nH]1. The molecule has 0 aliphatic carbocycles. The third-order valence-electron chi connectivity index (χ3n) is 3.82. The Morgan fingerprint density at radius 2 is 2.14 bits per heavy atom. The predicted molar refractivity (Wildman–Crippen MR) is 86.3 cm³/mol. The van der Waals surface area contributed by atoms with Crippen LogP contribution in [0, 0.1) is 5.92 Å². The lowest BCUT2D eigenvalue weighted by molar-refractivity contribution is -0.145. The first-order valence-corrected chi connectivity index (χ1v) is 7.51. The lowest BCUT2D eigenvalue weighted by Crippen LogP contribution is -2.14. The van der Waals surface area contributed by atoms with E-state index in [0.29, 0.717) is 5.57 Å². The zero-order valence-electron chi connectivity index (χ0n) is 13.0. The highest BCUT2D eigenvalue weighted by molar-refractivity contribution is 5.80. The van der Waals surface area contributed by atoms with Gasteiger partial charge in [0, 0.05) is 5.52 Å². The molecule has 1 aromatic heterocycles. The van der Waals surface area contributed by atoms with E-state index in [1.54, 1.807) is 6.08 Å². The first-order valence-electron chi connectivity index (χ1n) is 7.51. The van der Waals surface area contributed by atoms with Crippen LogP contribution in [0.1, 0.15) is 32.4 Å². The summed E-state index contributed by atoms with van der Waals surface area (Å²) in [5.74, 6) is -0.357. The van der Waals surface area contributed by atoms with Gasteiger partial charge in [-0.15, -0.1) is 0 Å². The van der Waals surface area contributed by atoms with Gasteiger partial charge in [0.05, 0.1) is 12.1 Å². The summed E-state index contributed by atoms with van der Waals surface area (Å²) in [5, 5.41) is 1.09. The fourth-order valence-electron chi connectivity index (χ4n) is 2.53. The molecular weight excluding hydrogens is 278 g/mol. The summed E-state index contributed by atoms with van der Waals surface area (Å²) in [6.45, 7) is 3.99. The normalized spacial score (nSPS) is 13.1. The van der Waals surface area contributed by atoms with E-state index in [0.717, 1.165) is 29.3 Å². The number of fused-ring (bicyclic) bond motifs is 1. The Hall–Kier alpha value is -2.36. The monoisotopic (exact) mass is 299 g/mol. The molecule has 0 spiro atoms. The van der Waals surface area contributed by atoms with Gasteiger partial charge in [-0.05, 0) is 42.4 Å². The summed E-state index contributed by atoms with van der Waals surface area (Å²) in [6.07, 6.45) is 3.54. The summed E-state index contributed by atoms with van der Waals surface area (Å²) in [4.78, 5) is 26.1. The Kier molecular flexibility index (Phi) is 5.53. The van der Waals surface area contributed by atoms with E-state index in [1.807, 2.05) is 44.2 Å². The number of benzene rings is 1. The Balaban J connectivity index is 1.93. The number of ether oxygens (including phenoxy) is 1. The summed E-state index contributed by atoms with van der Waals surface area (Å²) in [7, 11) is 0. The molecule has 22 heavy (non-hydrogen) atoms. The van der Waals surface area contributed by atoms with Gasteiger partial charge in [-0.25, -0.2) is 0 Å². The number of rotatable bonds is 7. The molecule has 0 aliphatic rings. The van der Waals surface area contributed by atoms with Crippen LogP contribution in [-0.4, -0.2) is 17.2 Å². The van der Waals surface area contributed by atoms with Crippen LogP contribution in [0.2, 0.25) is 0 Å². The largest absolute Gasteiger partial charge is 0.459 e. The molecule has 2 rings (SSSR count). The topological polar surface area (TPSA) is 59.2 Å². The molecule has 1 aromatic carbocycles. The Bertz CT molecular complexity index is 651. The number of carbonyl (C=O) groups excluding carboxylic acids is 2. The highest BCUT2D eigenvalue weighted by atomic mass is 16.5. The lowest BCUT2D eigenvalue weighted by atomic mass is 9.94. The van der Waals surface area contributed by atoms with E-state index in [-0.39, 0.29) is 24.9 Å². The van der Waals surface area contributed by atoms with Crippen LogP contribution in [0.3, 0.4) is 0 Å². The fourth-order valence-corrected chi connectivity index (χ4v) is 2.53. The second-order valence-corrected chi connectivity index (χ2v) is 5.26. The second kappa shape index (κ2) is 7.59. The number of hydrogen-bond donors (Lipinski definition) is 1. The number of hydrogen-bond acceptors (Lipinski definition) is 3. The maximum atomic E-state index is 12.0. The number of carbonyl (C=O) groups is 2. The van der Waals surface area contributed by atoms with E-state index >= 15 is 0 Å². The number of aromatic amines is 1. The number of allylic oxidation sites excluding steroid dienone is 2. The van der Waals surface area contributed by atoms with E-state index < -0.39 is 0 Å². The Labute approximate surface area is 130 Å². The molecule has 0 bridgehead atoms. The van der Waals surface area contributed by atoms with Crippen molar-refractivity contribution in [2.75, 3.05) is 0 Å².